The van der Waals surface area contributed by atoms with E-state index in [9.17, 15) is 4.79 Å². The first kappa shape index (κ1) is 10.1. The highest BCUT2D eigenvalue weighted by Crippen LogP contribution is 2.11. The molecule has 0 unspecified atom stereocenters. The number of nitrogens with zero attached hydrogens (tertiary/aromatic N) is 1. The van der Waals surface area contributed by atoms with Crippen LogP contribution in [0.25, 0.3) is 0 Å². The Morgan fingerprint density at radius 3 is 2.69 bits per heavy atom. The standard InChI is InChI=1S/C10H16NO2/c1-10(2,3)13-9(12)11-7-5-4-6-8-11/h5H,6-8H2,1-3H3. The Balaban J connectivity index is 2.43. The molecule has 73 valence electrons. The van der Waals surface area contributed by atoms with Gasteiger partial charge in [-0.3, -0.25) is 0 Å². The van der Waals surface area contributed by atoms with Gasteiger partial charge in [-0.15, -0.1) is 0 Å². The van der Waals surface area contributed by atoms with E-state index >= 15 is 0 Å². The minimum absolute atomic E-state index is 0.231. The van der Waals surface area contributed by atoms with Gasteiger partial charge in [0.25, 0.3) is 0 Å². The van der Waals surface area contributed by atoms with Crippen molar-refractivity contribution in [2.45, 2.75) is 32.8 Å². The fourth-order valence-electron chi connectivity index (χ4n) is 1.06. The van der Waals surface area contributed by atoms with E-state index in [0.29, 0.717) is 13.1 Å². The van der Waals surface area contributed by atoms with Crippen molar-refractivity contribution in [3.63, 3.8) is 0 Å². The first-order chi connectivity index (χ1) is 5.99. The lowest BCUT2D eigenvalue weighted by Gasteiger charge is -2.27. The maximum atomic E-state index is 11.5. The van der Waals surface area contributed by atoms with E-state index in [1.54, 1.807) is 4.90 Å². The number of ether oxygens (including phenoxy) is 1. The largest absolute Gasteiger partial charge is 0.444 e. The Labute approximate surface area is 79.4 Å². The first-order valence-corrected chi connectivity index (χ1v) is 4.52. The molecule has 0 saturated carbocycles. The quantitative estimate of drug-likeness (QED) is 0.573. The summed E-state index contributed by atoms with van der Waals surface area (Å²) in [7, 11) is 0. The molecule has 0 spiro atoms. The highest BCUT2D eigenvalue weighted by molar-refractivity contribution is 5.68. The van der Waals surface area contributed by atoms with Crippen LogP contribution in [0.2, 0.25) is 0 Å². The van der Waals surface area contributed by atoms with Crippen molar-refractivity contribution in [2.75, 3.05) is 13.1 Å². The van der Waals surface area contributed by atoms with Crippen LogP contribution in [0.15, 0.2) is 6.08 Å². The summed E-state index contributed by atoms with van der Waals surface area (Å²) in [6, 6.07) is 0. The molecule has 0 fully saturated rings. The molecule has 13 heavy (non-hydrogen) atoms. The molecule has 1 heterocycles. The van der Waals surface area contributed by atoms with Gasteiger partial charge in [-0.05, 0) is 33.3 Å². The average molecular weight is 182 g/mol. The molecule has 1 aliphatic heterocycles. The summed E-state index contributed by atoms with van der Waals surface area (Å²) in [5.41, 5.74) is -0.401. The number of rotatable bonds is 0. The van der Waals surface area contributed by atoms with Gasteiger partial charge in [0.05, 0.1) is 0 Å². The summed E-state index contributed by atoms with van der Waals surface area (Å²) in [4.78, 5) is 13.2. The predicted molar refractivity (Wildman–Crippen MR) is 50.2 cm³/mol. The number of hydrogen-bond donors (Lipinski definition) is 0. The van der Waals surface area contributed by atoms with Crippen LogP contribution in [0, 0.1) is 6.08 Å². The molecule has 0 saturated heterocycles. The average Bonchev–Trinajstić information content (AvgIpc) is 2.03. The molecule has 0 aromatic carbocycles. The van der Waals surface area contributed by atoms with Crippen LogP contribution in [-0.2, 0) is 4.74 Å². The van der Waals surface area contributed by atoms with Crippen molar-refractivity contribution in [3.8, 4) is 0 Å². The highest BCUT2D eigenvalue weighted by atomic mass is 16.6. The van der Waals surface area contributed by atoms with Crippen LogP contribution in [0.3, 0.4) is 0 Å². The van der Waals surface area contributed by atoms with Crippen molar-refractivity contribution in [1.29, 1.82) is 0 Å². The zero-order valence-corrected chi connectivity index (χ0v) is 8.46. The summed E-state index contributed by atoms with van der Waals surface area (Å²) in [6.07, 6.45) is 5.50. The van der Waals surface area contributed by atoms with E-state index in [2.05, 4.69) is 6.08 Å². The molecule has 1 amide bonds. The number of hydrogen-bond acceptors (Lipinski definition) is 2. The van der Waals surface area contributed by atoms with Crippen molar-refractivity contribution in [1.82, 2.24) is 4.90 Å². The predicted octanol–water partition coefficient (Wildman–Crippen LogP) is 1.99. The maximum Gasteiger partial charge on any atom is 0.410 e. The zero-order valence-electron chi connectivity index (χ0n) is 8.46. The molecule has 1 radical (unpaired) electrons. The van der Waals surface area contributed by atoms with E-state index < -0.39 is 5.60 Å². The molecule has 1 aliphatic rings. The monoisotopic (exact) mass is 182 g/mol. The van der Waals surface area contributed by atoms with Gasteiger partial charge in [0.1, 0.15) is 5.60 Å². The maximum absolute atomic E-state index is 11.5. The summed E-state index contributed by atoms with van der Waals surface area (Å²) >= 11 is 0. The molecule has 0 bridgehead atoms. The smallest absolute Gasteiger partial charge is 0.410 e. The molecule has 1 rings (SSSR count). The van der Waals surface area contributed by atoms with Crippen molar-refractivity contribution in [2.24, 2.45) is 0 Å². The lowest BCUT2D eigenvalue weighted by molar-refractivity contribution is 0.0267. The van der Waals surface area contributed by atoms with Crippen LogP contribution < -0.4 is 0 Å². The van der Waals surface area contributed by atoms with Crippen LogP contribution >= 0.6 is 0 Å². The van der Waals surface area contributed by atoms with E-state index in [4.69, 9.17) is 4.74 Å². The summed E-state index contributed by atoms with van der Waals surface area (Å²) in [6.45, 7) is 6.95. The van der Waals surface area contributed by atoms with Gasteiger partial charge in [-0.25, -0.2) is 4.79 Å². The second-order valence-corrected chi connectivity index (χ2v) is 4.08. The number of amides is 1. The van der Waals surface area contributed by atoms with Crippen LogP contribution in [0.1, 0.15) is 27.2 Å². The second-order valence-electron chi connectivity index (χ2n) is 4.08. The Hall–Kier alpha value is -0.990. The van der Waals surface area contributed by atoms with Gasteiger partial charge in [-0.1, -0.05) is 6.08 Å². The minimum atomic E-state index is -0.401. The summed E-state index contributed by atoms with van der Waals surface area (Å²) in [5.74, 6) is 0. The van der Waals surface area contributed by atoms with E-state index in [1.165, 1.54) is 0 Å². The molecule has 3 heteroatoms. The van der Waals surface area contributed by atoms with Gasteiger partial charge in [0, 0.05) is 13.1 Å². The Morgan fingerprint density at radius 2 is 2.23 bits per heavy atom. The van der Waals surface area contributed by atoms with Crippen molar-refractivity contribution in [3.05, 3.63) is 12.2 Å². The zero-order chi connectivity index (χ0) is 9.90. The molecule has 0 N–H and O–H groups in total. The molecule has 0 aromatic heterocycles. The number of carbonyl (C=O) groups is 1. The fourth-order valence-corrected chi connectivity index (χ4v) is 1.06. The lowest BCUT2D eigenvalue weighted by atomic mass is 10.2. The highest BCUT2D eigenvalue weighted by Gasteiger charge is 2.21. The van der Waals surface area contributed by atoms with Crippen LogP contribution in [0.5, 0.6) is 0 Å². The normalized spacial score (nSPS) is 17.3. The summed E-state index contributed by atoms with van der Waals surface area (Å²) in [5, 5.41) is 0. The molecular weight excluding hydrogens is 166 g/mol. The van der Waals surface area contributed by atoms with E-state index in [-0.39, 0.29) is 6.09 Å². The Kier molecular flexibility index (Phi) is 2.96. The van der Waals surface area contributed by atoms with Crippen molar-refractivity contribution < 1.29 is 9.53 Å². The lowest BCUT2D eigenvalue weighted by Crippen LogP contribution is -2.38. The molecule has 0 aliphatic carbocycles. The third-order valence-electron chi connectivity index (χ3n) is 1.63. The van der Waals surface area contributed by atoms with E-state index in [0.717, 1.165) is 6.42 Å². The van der Waals surface area contributed by atoms with E-state index in [1.807, 2.05) is 26.8 Å². The third kappa shape index (κ3) is 3.49. The molecule has 0 atom stereocenters. The topological polar surface area (TPSA) is 29.5 Å². The van der Waals surface area contributed by atoms with Crippen LogP contribution in [-0.4, -0.2) is 29.7 Å². The SMILES string of the molecule is CC(C)(C)OC(=O)N1CC=[C]CC1. The third-order valence-corrected chi connectivity index (χ3v) is 1.63. The van der Waals surface area contributed by atoms with Crippen molar-refractivity contribution >= 4 is 6.09 Å². The molecule has 0 aromatic rings. The van der Waals surface area contributed by atoms with Gasteiger partial charge in [0.15, 0.2) is 0 Å². The molecular formula is C10H16NO2. The summed E-state index contributed by atoms with van der Waals surface area (Å²) < 4.78 is 5.22. The van der Waals surface area contributed by atoms with Gasteiger partial charge < -0.3 is 9.64 Å². The molecule has 3 nitrogen and oxygen atoms in total. The minimum Gasteiger partial charge on any atom is -0.444 e. The Bertz CT molecular complexity index is 215. The van der Waals surface area contributed by atoms with Gasteiger partial charge >= 0.3 is 6.09 Å². The van der Waals surface area contributed by atoms with Gasteiger partial charge in [-0.2, -0.15) is 0 Å². The second kappa shape index (κ2) is 3.81. The fraction of sp³-hybridized carbons (Fsp3) is 0.700. The first-order valence-electron chi connectivity index (χ1n) is 4.52. The number of carbonyl (C=O) groups excluding carboxylic acids is 1. The Morgan fingerprint density at radius 1 is 1.54 bits per heavy atom. The van der Waals surface area contributed by atoms with Crippen LogP contribution in [0.4, 0.5) is 4.79 Å². The van der Waals surface area contributed by atoms with Gasteiger partial charge in [0.2, 0.25) is 0 Å².